The van der Waals surface area contributed by atoms with Crippen LogP contribution >= 0.6 is 0 Å². The highest BCUT2D eigenvalue weighted by Crippen LogP contribution is 2.00. The van der Waals surface area contributed by atoms with E-state index >= 15 is 0 Å². The van der Waals surface area contributed by atoms with Gasteiger partial charge in [-0.2, -0.15) is 0 Å². The third-order valence-corrected chi connectivity index (χ3v) is 2.87. The number of nitrogens with one attached hydrogen (secondary N) is 1. The van der Waals surface area contributed by atoms with Crippen molar-refractivity contribution in [1.29, 1.82) is 0 Å². The molecule has 1 unspecified atom stereocenters. The SMILES string of the molecule is CCOC(CCOC)OCC[NH+]1CCOCC1. The number of rotatable bonds is 9. The molecule has 0 amide bonds. The maximum Gasteiger partial charge on any atom is 0.160 e. The normalized spacial score (nSPS) is 19.4. The van der Waals surface area contributed by atoms with E-state index in [0.717, 1.165) is 45.9 Å². The van der Waals surface area contributed by atoms with Gasteiger partial charge in [-0.25, -0.2) is 0 Å². The zero-order valence-corrected chi connectivity index (χ0v) is 11.1. The lowest BCUT2D eigenvalue weighted by Gasteiger charge is -2.24. The minimum Gasteiger partial charge on any atom is -0.384 e. The molecule has 1 aliphatic heterocycles. The summed E-state index contributed by atoms with van der Waals surface area (Å²) < 4.78 is 21.6. The predicted molar refractivity (Wildman–Crippen MR) is 64.2 cm³/mol. The fraction of sp³-hybridized carbons (Fsp3) is 1.00. The highest BCUT2D eigenvalue weighted by Gasteiger charge is 2.15. The Kier molecular flexibility index (Phi) is 8.56. The molecule has 5 heteroatoms. The molecule has 0 aromatic carbocycles. The summed E-state index contributed by atoms with van der Waals surface area (Å²) in [7, 11) is 1.70. The Morgan fingerprint density at radius 1 is 1.18 bits per heavy atom. The van der Waals surface area contributed by atoms with E-state index in [2.05, 4.69) is 0 Å². The first-order valence-corrected chi connectivity index (χ1v) is 6.50. The summed E-state index contributed by atoms with van der Waals surface area (Å²) >= 11 is 0. The predicted octanol–water partition coefficient (Wildman–Crippen LogP) is -0.683. The Morgan fingerprint density at radius 3 is 2.59 bits per heavy atom. The third kappa shape index (κ3) is 6.95. The molecule has 102 valence electrons. The first kappa shape index (κ1) is 14.9. The fourth-order valence-electron chi connectivity index (χ4n) is 1.86. The van der Waals surface area contributed by atoms with Crippen molar-refractivity contribution in [3.05, 3.63) is 0 Å². The lowest BCUT2D eigenvalue weighted by Crippen LogP contribution is -3.14. The Labute approximate surface area is 104 Å². The first-order chi connectivity index (χ1) is 8.36. The zero-order chi connectivity index (χ0) is 12.3. The number of quaternary nitrogens is 1. The van der Waals surface area contributed by atoms with Crippen LogP contribution in [0.5, 0.6) is 0 Å². The summed E-state index contributed by atoms with van der Waals surface area (Å²) in [5, 5.41) is 0. The van der Waals surface area contributed by atoms with Crippen LogP contribution in [-0.4, -0.2) is 66.1 Å². The summed E-state index contributed by atoms with van der Waals surface area (Å²) in [6.45, 7) is 9.01. The molecule has 0 aliphatic carbocycles. The Balaban J connectivity index is 2.07. The van der Waals surface area contributed by atoms with Crippen LogP contribution in [0.25, 0.3) is 0 Å². The van der Waals surface area contributed by atoms with Crippen molar-refractivity contribution >= 4 is 0 Å². The van der Waals surface area contributed by atoms with E-state index in [1.165, 1.54) is 0 Å². The van der Waals surface area contributed by atoms with Crippen LogP contribution in [0.3, 0.4) is 0 Å². The molecule has 0 aromatic heterocycles. The molecule has 1 heterocycles. The second-order valence-corrected chi connectivity index (χ2v) is 4.15. The monoisotopic (exact) mass is 248 g/mol. The van der Waals surface area contributed by atoms with Crippen LogP contribution in [0.15, 0.2) is 0 Å². The van der Waals surface area contributed by atoms with Crippen molar-refractivity contribution in [2.75, 3.05) is 59.8 Å². The lowest BCUT2D eigenvalue weighted by molar-refractivity contribution is -0.908. The standard InChI is InChI=1S/C12H25NO4/c1-3-16-12(4-8-14-2)17-11-7-13-5-9-15-10-6-13/h12H,3-11H2,1-2H3/p+1. The van der Waals surface area contributed by atoms with Gasteiger partial charge in [-0.15, -0.1) is 0 Å². The molecule has 1 rings (SSSR count). The van der Waals surface area contributed by atoms with Crippen LogP contribution in [-0.2, 0) is 18.9 Å². The number of methoxy groups -OCH3 is 1. The van der Waals surface area contributed by atoms with Crippen LogP contribution in [0.1, 0.15) is 13.3 Å². The maximum absolute atomic E-state index is 5.72. The molecule has 0 spiro atoms. The Morgan fingerprint density at radius 2 is 1.94 bits per heavy atom. The van der Waals surface area contributed by atoms with Crippen molar-refractivity contribution in [3.8, 4) is 0 Å². The molecule has 0 bridgehead atoms. The number of hydrogen-bond acceptors (Lipinski definition) is 4. The van der Waals surface area contributed by atoms with Crippen molar-refractivity contribution in [2.24, 2.45) is 0 Å². The van der Waals surface area contributed by atoms with Gasteiger partial charge >= 0.3 is 0 Å². The minimum atomic E-state index is -0.125. The molecule has 1 saturated heterocycles. The molecule has 1 N–H and O–H groups in total. The number of ether oxygens (including phenoxy) is 4. The van der Waals surface area contributed by atoms with E-state index in [1.807, 2.05) is 6.92 Å². The molecule has 1 aliphatic rings. The van der Waals surface area contributed by atoms with Crippen LogP contribution in [0.4, 0.5) is 0 Å². The summed E-state index contributed by atoms with van der Waals surface area (Å²) in [6, 6.07) is 0. The third-order valence-electron chi connectivity index (χ3n) is 2.87. The second-order valence-electron chi connectivity index (χ2n) is 4.15. The maximum atomic E-state index is 5.72. The smallest absolute Gasteiger partial charge is 0.160 e. The minimum absolute atomic E-state index is 0.125. The highest BCUT2D eigenvalue weighted by atomic mass is 16.7. The van der Waals surface area contributed by atoms with Crippen LogP contribution < -0.4 is 4.90 Å². The summed E-state index contributed by atoms with van der Waals surface area (Å²) in [4.78, 5) is 1.55. The fourth-order valence-corrected chi connectivity index (χ4v) is 1.86. The molecule has 17 heavy (non-hydrogen) atoms. The van der Waals surface area contributed by atoms with E-state index in [4.69, 9.17) is 18.9 Å². The first-order valence-electron chi connectivity index (χ1n) is 6.50. The quantitative estimate of drug-likeness (QED) is 0.549. The zero-order valence-electron chi connectivity index (χ0n) is 11.1. The topological polar surface area (TPSA) is 41.4 Å². The van der Waals surface area contributed by atoms with Gasteiger partial charge in [0.25, 0.3) is 0 Å². The summed E-state index contributed by atoms with van der Waals surface area (Å²) in [6.07, 6.45) is 0.670. The lowest BCUT2D eigenvalue weighted by atomic mass is 10.4. The number of hydrogen-bond donors (Lipinski definition) is 1. The van der Waals surface area contributed by atoms with Crippen LogP contribution in [0, 0.1) is 0 Å². The van der Waals surface area contributed by atoms with Gasteiger partial charge in [-0.05, 0) is 6.92 Å². The molecular weight excluding hydrogens is 222 g/mol. The molecular formula is C12H26NO4+. The Hall–Kier alpha value is -0.200. The molecule has 0 radical (unpaired) electrons. The van der Waals surface area contributed by atoms with Gasteiger partial charge in [0.15, 0.2) is 6.29 Å². The van der Waals surface area contributed by atoms with Crippen molar-refractivity contribution in [1.82, 2.24) is 0 Å². The highest BCUT2D eigenvalue weighted by molar-refractivity contribution is 4.45. The average Bonchev–Trinajstić information content (AvgIpc) is 2.37. The second kappa shape index (κ2) is 9.79. The average molecular weight is 248 g/mol. The van der Waals surface area contributed by atoms with Gasteiger partial charge in [0.05, 0.1) is 26.4 Å². The van der Waals surface area contributed by atoms with Crippen molar-refractivity contribution in [2.45, 2.75) is 19.6 Å². The van der Waals surface area contributed by atoms with E-state index in [-0.39, 0.29) is 6.29 Å². The van der Waals surface area contributed by atoms with E-state index in [0.29, 0.717) is 13.2 Å². The molecule has 1 atom stereocenters. The van der Waals surface area contributed by atoms with Gasteiger partial charge in [0.2, 0.25) is 0 Å². The van der Waals surface area contributed by atoms with Gasteiger partial charge in [0, 0.05) is 20.1 Å². The van der Waals surface area contributed by atoms with E-state index in [1.54, 1.807) is 12.0 Å². The van der Waals surface area contributed by atoms with Crippen LogP contribution in [0.2, 0.25) is 0 Å². The van der Waals surface area contributed by atoms with Gasteiger partial charge in [-0.1, -0.05) is 0 Å². The van der Waals surface area contributed by atoms with Gasteiger partial charge < -0.3 is 23.8 Å². The van der Waals surface area contributed by atoms with Crippen molar-refractivity contribution in [3.63, 3.8) is 0 Å². The van der Waals surface area contributed by atoms with Gasteiger partial charge in [0.1, 0.15) is 19.6 Å². The van der Waals surface area contributed by atoms with Crippen molar-refractivity contribution < 1.29 is 23.8 Å². The molecule has 0 saturated carbocycles. The molecule has 5 nitrogen and oxygen atoms in total. The van der Waals surface area contributed by atoms with E-state index < -0.39 is 0 Å². The molecule has 1 fully saturated rings. The molecule has 0 aromatic rings. The summed E-state index contributed by atoms with van der Waals surface area (Å²) in [5.74, 6) is 0. The Bertz CT molecular complexity index is 174. The van der Waals surface area contributed by atoms with E-state index in [9.17, 15) is 0 Å². The largest absolute Gasteiger partial charge is 0.384 e. The summed E-state index contributed by atoms with van der Waals surface area (Å²) in [5.41, 5.74) is 0. The number of morpholine rings is 1. The van der Waals surface area contributed by atoms with Gasteiger partial charge in [-0.3, -0.25) is 0 Å².